The van der Waals surface area contributed by atoms with Gasteiger partial charge in [0.15, 0.2) is 0 Å². The van der Waals surface area contributed by atoms with Crippen LogP contribution in [0.3, 0.4) is 0 Å². The molecule has 4 heterocycles. The van der Waals surface area contributed by atoms with E-state index in [0.717, 1.165) is 59.2 Å². The number of aromatic amines is 1. The van der Waals surface area contributed by atoms with Crippen LogP contribution in [-0.2, 0) is 0 Å². The van der Waals surface area contributed by atoms with Gasteiger partial charge >= 0.3 is 0 Å². The molecule has 0 radical (unpaired) electrons. The number of pyridine rings is 2. The lowest BCUT2D eigenvalue weighted by Crippen LogP contribution is -2.47. The molecule has 0 bridgehead atoms. The molecule has 1 aliphatic heterocycles. The monoisotopic (exact) mass is 371 g/mol. The molecule has 0 aliphatic carbocycles. The molecule has 1 fully saturated rings. The van der Waals surface area contributed by atoms with Crippen LogP contribution in [0.1, 0.15) is 10.4 Å². The number of fused-ring (bicyclic) bond motifs is 2. The van der Waals surface area contributed by atoms with Crippen molar-refractivity contribution >= 4 is 27.8 Å². The highest BCUT2D eigenvalue weighted by atomic mass is 16.2. The minimum absolute atomic E-state index is 0.0531. The maximum Gasteiger partial charge on any atom is 0.255 e. The van der Waals surface area contributed by atoms with Gasteiger partial charge in [0.2, 0.25) is 0 Å². The number of rotatable bonds is 2. The summed E-state index contributed by atoms with van der Waals surface area (Å²) in [6.45, 7) is 3.32. The number of aromatic nitrogens is 3. The second kappa shape index (κ2) is 6.73. The molecule has 1 amide bonds. The van der Waals surface area contributed by atoms with Gasteiger partial charge in [-0.2, -0.15) is 0 Å². The highest BCUT2D eigenvalue weighted by molar-refractivity contribution is 6.02. The molecule has 1 aromatic carbocycles. The second-order valence-corrected chi connectivity index (χ2v) is 7.33. The molecule has 0 saturated carbocycles. The van der Waals surface area contributed by atoms with E-state index in [9.17, 15) is 4.79 Å². The van der Waals surface area contributed by atoms with Crippen molar-refractivity contribution in [3.8, 4) is 11.1 Å². The van der Waals surface area contributed by atoms with Crippen LogP contribution in [0.25, 0.3) is 33.1 Å². The molecule has 5 rings (SSSR count). The van der Waals surface area contributed by atoms with Crippen molar-refractivity contribution in [2.75, 3.05) is 33.2 Å². The van der Waals surface area contributed by atoms with Crippen LogP contribution < -0.4 is 0 Å². The number of nitrogens with one attached hydrogen (secondary N) is 1. The van der Waals surface area contributed by atoms with Crippen molar-refractivity contribution in [2.45, 2.75) is 0 Å². The van der Waals surface area contributed by atoms with E-state index in [0.29, 0.717) is 5.56 Å². The molecule has 28 heavy (non-hydrogen) atoms. The molecule has 1 N–H and O–H groups in total. The van der Waals surface area contributed by atoms with Gasteiger partial charge < -0.3 is 14.8 Å². The summed E-state index contributed by atoms with van der Waals surface area (Å²) in [4.78, 5) is 29.2. The lowest BCUT2D eigenvalue weighted by Gasteiger charge is -2.32. The van der Waals surface area contributed by atoms with Gasteiger partial charge in [0.25, 0.3) is 5.91 Å². The van der Waals surface area contributed by atoms with Gasteiger partial charge in [-0.25, -0.2) is 4.98 Å². The van der Waals surface area contributed by atoms with Crippen LogP contribution in [-0.4, -0.2) is 63.9 Å². The zero-order chi connectivity index (χ0) is 19.1. The van der Waals surface area contributed by atoms with E-state index in [2.05, 4.69) is 45.1 Å². The van der Waals surface area contributed by atoms with E-state index in [1.54, 1.807) is 12.4 Å². The van der Waals surface area contributed by atoms with Crippen molar-refractivity contribution in [3.63, 3.8) is 0 Å². The third-order valence-corrected chi connectivity index (χ3v) is 5.48. The average Bonchev–Trinajstić information content (AvgIpc) is 3.16. The predicted molar refractivity (Wildman–Crippen MR) is 110 cm³/mol. The Hall–Kier alpha value is -3.25. The number of hydrogen-bond donors (Lipinski definition) is 1. The third-order valence-electron chi connectivity index (χ3n) is 5.48. The number of benzene rings is 1. The zero-order valence-electron chi connectivity index (χ0n) is 15.7. The van der Waals surface area contributed by atoms with Crippen molar-refractivity contribution in [1.82, 2.24) is 24.8 Å². The lowest BCUT2D eigenvalue weighted by molar-refractivity contribution is 0.0664. The number of amides is 1. The number of nitrogens with zero attached hydrogens (tertiary/aromatic N) is 4. The smallest absolute Gasteiger partial charge is 0.255 e. The van der Waals surface area contributed by atoms with Crippen molar-refractivity contribution in [2.24, 2.45) is 0 Å². The maximum absolute atomic E-state index is 12.9. The van der Waals surface area contributed by atoms with E-state index < -0.39 is 0 Å². The third kappa shape index (κ3) is 2.92. The summed E-state index contributed by atoms with van der Waals surface area (Å²) in [6, 6.07) is 12.2. The van der Waals surface area contributed by atoms with Crippen molar-refractivity contribution < 1.29 is 4.79 Å². The van der Waals surface area contributed by atoms with Gasteiger partial charge in [-0.15, -0.1) is 0 Å². The number of likely N-dealkylation sites (N-methyl/N-ethyl adjacent to an activating group) is 1. The van der Waals surface area contributed by atoms with E-state index in [-0.39, 0.29) is 5.91 Å². The summed E-state index contributed by atoms with van der Waals surface area (Å²) in [5.41, 5.74) is 4.52. The van der Waals surface area contributed by atoms with Gasteiger partial charge in [0.05, 0.1) is 11.1 Å². The standard InChI is InChI=1S/C22H21N5O/c1-26-7-9-27(10-8-26)22(28)17-12-18-19(14-25-21(18)24-13-17)15-4-5-20-16(11-15)3-2-6-23-20/h2-6,11-14H,7-10H2,1H3,(H,24,25). The molecule has 0 spiro atoms. The number of piperazine rings is 1. The number of H-pyrrole nitrogens is 1. The molecular formula is C22H21N5O. The SMILES string of the molecule is CN1CCN(C(=O)c2cnc3[nH]cc(-c4ccc5ncccc5c4)c3c2)CC1. The maximum atomic E-state index is 12.9. The van der Waals surface area contributed by atoms with Crippen LogP contribution in [0.5, 0.6) is 0 Å². The van der Waals surface area contributed by atoms with Crippen LogP contribution in [0, 0.1) is 0 Å². The largest absolute Gasteiger partial charge is 0.346 e. The molecule has 0 atom stereocenters. The first-order valence-electron chi connectivity index (χ1n) is 9.49. The Kier molecular flexibility index (Phi) is 4.06. The lowest BCUT2D eigenvalue weighted by atomic mass is 10.0. The highest BCUT2D eigenvalue weighted by Gasteiger charge is 2.21. The summed E-state index contributed by atoms with van der Waals surface area (Å²) in [5, 5.41) is 2.05. The highest BCUT2D eigenvalue weighted by Crippen LogP contribution is 2.30. The molecule has 4 aromatic rings. The molecule has 140 valence electrons. The Morgan fingerprint density at radius 1 is 1.07 bits per heavy atom. The summed E-state index contributed by atoms with van der Waals surface area (Å²) in [6.07, 6.45) is 5.43. The average molecular weight is 371 g/mol. The van der Waals surface area contributed by atoms with Crippen LogP contribution in [0.2, 0.25) is 0 Å². The number of carbonyl (C=O) groups is 1. The Morgan fingerprint density at radius 3 is 2.79 bits per heavy atom. The van der Waals surface area contributed by atoms with Gasteiger partial charge in [-0.05, 0) is 36.9 Å². The van der Waals surface area contributed by atoms with Gasteiger partial charge in [-0.1, -0.05) is 12.1 Å². The molecule has 1 saturated heterocycles. The quantitative estimate of drug-likeness (QED) is 0.588. The van der Waals surface area contributed by atoms with Gasteiger partial charge in [-0.3, -0.25) is 9.78 Å². The molecule has 6 heteroatoms. The fourth-order valence-corrected chi connectivity index (χ4v) is 3.79. The van der Waals surface area contributed by atoms with Crippen molar-refractivity contribution in [1.29, 1.82) is 0 Å². The first kappa shape index (κ1) is 16.9. The summed E-state index contributed by atoms with van der Waals surface area (Å²) >= 11 is 0. The molecule has 1 aliphatic rings. The summed E-state index contributed by atoms with van der Waals surface area (Å²) < 4.78 is 0. The molecular weight excluding hydrogens is 350 g/mol. The van der Waals surface area contributed by atoms with E-state index in [1.807, 2.05) is 29.3 Å². The van der Waals surface area contributed by atoms with E-state index >= 15 is 0 Å². The Labute approximate surface area is 162 Å². The topological polar surface area (TPSA) is 65.1 Å². The predicted octanol–water partition coefficient (Wildman–Crippen LogP) is 3.17. The Bertz CT molecular complexity index is 1170. The van der Waals surface area contributed by atoms with Crippen LogP contribution >= 0.6 is 0 Å². The first-order valence-corrected chi connectivity index (χ1v) is 9.49. The molecule has 3 aromatic heterocycles. The van der Waals surface area contributed by atoms with Crippen molar-refractivity contribution in [3.05, 3.63) is 60.6 Å². The Balaban J connectivity index is 1.53. The van der Waals surface area contributed by atoms with E-state index in [4.69, 9.17) is 0 Å². The first-order chi connectivity index (χ1) is 13.7. The van der Waals surface area contributed by atoms with E-state index in [1.165, 1.54) is 0 Å². The minimum Gasteiger partial charge on any atom is -0.346 e. The Morgan fingerprint density at radius 2 is 1.93 bits per heavy atom. The summed E-state index contributed by atoms with van der Waals surface area (Å²) in [5.74, 6) is 0.0531. The van der Waals surface area contributed by atoms with Crippen LogP contribution in [0.15, 0.2) is 55.0 Å². The molecule has 0 unspecified atom stereocenters. The molecule has 6 nitrogen and oxygen atoms in total. The fraction of sp³-hybridized carbons (Fsp3) is 0.227. The van der Waals surface area contributed by atoms with Gasteiger partial charge in [0, 0.05) is 61.1 Å². The minimum atomic E-state index is 0.0531. The second-order valence-electron chi connectivity index (χ2n) is 7.33. The number of hydrogen-bond acceptors (Lipinski definition) is 4. The van der Waals surface area contributed by atoms with Gasteiger partial charge in [0.1, 0.15) is 5.65 Å². The zero-order valence-corrected chi connectivity index (χ0v) is 15.7. The summed E-state index contributed by atoms with van der Waals surface area (Å²) in [7, 11) is 2.08. The number of carbonyl (C=O) groups excluding carboxylic acids is 1. The van der Waals surface area contributed by atoms with Crippen LogP contribution in [0.4, 0.5) is 0 Å². The fourth-order valence-electron chi connectivity index (χ4n) is 3.79. The normalized spacial score (nSPS) is 15.4.